The third kappa shape index (κ3) is 4.43. The summed E-state index contributed by atoms with van der Waals surface area (Å²) in [6.07, 6.45) is 1.33. The number of nitrogens with zero attached hydrogens (tertiary/aromatic N) is 2. The molecule has 35 heavy (non-hydrogen) atoms. The fourth-order valence-corrected chi connectivity index (χ4v) is 5.31. The summed E-state index contributed by atoms with van der Waals surface area (Å²) in [5.41, 5.74) is 5.97. The number of aromatic nitrogens is 2. The maximum Gasteiger partial charge on any atom is 0.254 e. The number of imidazole rings is 1. The van der Waals surface area contributed by atoms with Crippen molar-refractivity contribution in [2.24, 2.45) is 0 Å². The smallest absolute Gasteiger partial charge is 0.254 e. The Balaban J connectivity index is 1.46. The van der Waals surface area contributed by atoms with Crippen LogP contribution in [0.15, 0.2) is 48.5 Å². The summed E-state index contributed by atoms with van der Waals surface area (Å²) >= 11 is 0. The maximum atomic E-state index is 15.0. The van der Waals surface area contributed by atoms with E-state index >= 15 is 0 Å². The zero-order valence-electron chi connectivity index (χ0n) is 20.2. The minimum atomic E-state index is -0.242. The lowest BCUT2D eigenvalue weighted by Crippen LogP contribution is -2.33. The number of aromatic amines is 1. The van der Waals surface area contributed by atoms with Crippen LogP contribution in [0.4, 0.5) is 4.39 Å². The number of halogens is 1. The van der Waals surface area contributed by atoms with Gasteiger partial charge in [-0.25, -0.2) is 9.37 Å². The molecule has 0 bridgehead atoms. The van der Waals surface area contributed by atoms with E-state index in [9.17, 15) is 9.18 Å². The number of fused-ring (bicyclic) bond motifs is 2. The predicted molar refractivity (Wildman–Crippen MR) is 141 cm³/mol. The van der Waals surface area contributed by atoms with Crippen LogP contribution >= 0.6 is 8.58 Å². The molecule has 3 aromatic carbocycles. The second kappa shape index (κ2) is 9.79. The van der Waals surface area contributed by atoms with Crippen LogP contribution in [0.3, 0.4) is 0 Å². The second-order valence-electron chi connectivity index (χ2n) is 8.72. The van der Waals surface area contributed by atoms with Crippen molar-refractivity contribution in [1.82, 2.24) is 14.9 Å². The molecule has 2 heterocycles. The molecule has 1 aliphatic heterocycles. The Kier molecular flexibility index (Phi) is 6.57. The highest BCUT2D eigenvalue weighted by Crippen LogP contribution is 2.31. The first-order valence-corrected chi connectivity index (χ1v) is 13.6. The van der Waals surface area contributed by atoms with E-state index in [1.807, 2.05) is 31.8 Å². The van der Waals surface area contributed by atoms with Crippen molar-refractivity contribution in [1.29, 1.82) is 0 Å². The molecular formula is C28H29FN3O2P. The molecule has 7 heteroatoms. The molecule has 5 nitrogen and oxygen atoms in total. The van der Waals surface area contributed by atoms with Crippen molar-refractivity contribution in [2.75, 3.05) is 19.8 Å². The van der Waals surface area contributed by atoms with Crippen LogP contribution in [0.1, 0.15) is 41.2 Å². The largest absolute Gasteiger partial charge is 0.491 e. The topological polar surface area (TPSA) is 58.2 Å². The van der Waals surface area contributed by atoms with Crippen LogP contribution in [-0.2, 0) is 19.4 Å². The molecule has 0 saturated carbocycles. The van der Waals surface area contributed by atoms with Gasteiger partial charge in [-0.2, -0.15) is 0 Å². The van der Waals surface area contributed by atoms with E-state index in [2.05, 4.69) is 35.1 Å². The van der Waals surface area contributed by atoms with Gasteiger partial charge in [0.1, 0.15) is 24.0 Å². The highest BCUT2D eigenvalue weighted by molar-refractivity contribution is 7.46. The number of amides is 1. The highest BCUT2D eigenvalue weighted by Gasteiger charge is 2.25. The minimum absolute atomic E-state index is 0.153. The summed E-state index contributed by atoms with van der Waals surface area (Å²) in [7, 11) is 0.353. The SMILES string of the molecule is CCc1nc2ccc(-c3ccc4c(c3)CN(C(=O)c3ccc(PC)c(F)c3CC)CCO4)cc2[nH]1. The van der Waals surface area contributed by atoms with Gasteiger partial charge in [0, 0.05) is 35.0 Å². The van der Waals surface area contributed by atoms with E-state index in [1.165, 1.54) is 0 Å². The van der Waals surface area contributed by atoms with Crippen LogP contribution in [0.5, 0.6) is 5.75 Å². The van der Waals surface area contributed by atoms with Crippen LogP contribution in [-0.4, -0.2) is 40.6 Å². The summed E-state index contributed by atoms with van der Waals surface area (Å²) in [6.45, 7) is 7.18. The molecule has 5 rings (SSSR count). The van der Waals surface area contributed by atoms with Crippen LogP contribution in [0.25, 0.3) is 22.2 Å². The maximum absolute atomic E-state index is 15.0. The van der Waals surface area contributed by atoms with E-state index < -0.39 is 0 Å². The fraction of sp³-hybridized carbons (Fsp3) is 0.286. The lowest BCUT2D eigenvalue weighted by molar-refractivity contribution is 0.0731. The third-order valence-corrected chi connectivity index (χ3v) is 7.55. The Morgan fingerprint density at radius 2 is 1.91 bits per heavy atom. The monoisotopic (exact) mass is 489 g/mol. The molecule has 0 aliphatic carbocycles. The van der Waals surface area contributed by atoms with Crippen LogP contribution in [0, 0.1) is 5.82 Å². The summed E-state index contributed by atoms with van der Waals surface area (Å²) in [6, 6.07) is 15.8. The summed E-state index contributed by atoms with van der Waals surface area (Å²) in [4.78, 5) is 23.3. The number of carbonyl (C=O) groups is 1. The molecule has 0 fully saturated rings. The molecule has 0 saturated heterocycles. The van der Waals surface area contributed by atoms with E-state index in [1.54, 1.807) is 17.0 Å². The first-order chi connectivity index (χ1) is 17.0. The first kappa shape index (κ1) is 23.5. The summed E-state index contributed by atoms with van der Waals surface area (Å²) < 4.78 is 20.9. The molecule has 1 atom stereocenters. The van der Waals surface area contributed by atoms with Crippen molar-refractivity contribution in [3.05, 3.63) is 76.9 Å². The van der Waals surface area contributed by atoms with Gasteiger partial charge in [-0.1, -0.05) is 40.6 Å². The molecule has 1 N–H and O–H groups in total. The number of benzene rings is 3. The van der Waals surface area contributed by atoms with Gasteiger partial charge in [0.25, 0.3) is 5.91 Å². The molecular weight excluding hydrogens is 460 g/mol. The number of rotatable bonds is 5. The van der Waals surface area contributed by atoms with Gasteiger partial charge in [0.2, 0.25) is 0 Å². The van der Waals surface area contributed by atoms with Crippen LogP contribution < -0.4 is 10.0 Å². The van der Waals surface area contributed by atoms with Crippen molar-refractivity contribution in [3.8, 4) is 16.9 Å². The Morgan fingerprint density at radius 3 is 2.69 bits per heavy atom. The number of H-pyrrole nitrogens is 1. The summed E-state index contributed by atoms with van der Waals surface area (Å²) in [5.74, 6) is 1.36. The number of carbonyl (C=O) groups excluding carboxylic acids is 1. The first-order valence-electron chi connectivity index (χ1n) is 12.1. The summed E-state index contributed by atoms with van der Waals surface area (Å²) in [5, 5.41) is 0.674. The Bertz CT molecular complexity index is 1420. The van der Waals surface area contributed by atoms with E-state index in [-0.39, 0.29) is 11.7 Å². The average molecular weight is 490 g/mol. The Labute approximate surface area is 206 Å². The lowest BCUT2D eigenvalue weighted by atomic mass is 10.0. The number of nitrogens with one attached hydrogen (secondary N) is 1. The number of aryl methyl sites for hydroxylation is 1. The van der Waals surface area contributed by atoms with Gasteiger partial charge in [0.05, 0.1) is 17.6 Å². The standard InChI is InChI=1S/C28H29FN3O2P/c1-4-20-21(8-11-25(35-3)27(20)29)28(33)32-12-13-34-24-10-7-17(14-19(24)16-32)18-6-9-22-23(15-18)31-26(5-2)30-22/h6-11,14-15,35H,4-5,12-13,16H2,1-3H3,(H,30,31). The van der Waals surface area contributed by atoms with E-state index in [4.69, 9.17) is 4.74 Å². The second-order valence-corrected chi connectivity index (χ2v) is 9.76. The van der Waals surface area contributed by atoms with Gasteiger partial charge in [-0.3, -0.25) is 4.79 Å². The fourth-order valence-electron chi connectivity index (χ4n) is 4.69. The highest BCUT2D eigenvalue weighted by atomic mass is 31.1. The molecule has 0 radical (unpaired) electrons. The van der Waals surface area contributed by atoms with E-state index in [0.29, 0.717) is 51.1 Å². The quantitative estimate of drug-likeness (QED) is 0.379. The van der Waals surface area contributed by atoms with Crippen molar-refractivity contribution >= 4 is 30.8 Å². The molecule has 180 valence electrons. The Hall–Kier alpha value is -3.24. The molecule has 1 unspecified atom stereocenters. The van der Waals surface area contributed by atoms with Gasteiger partial charge in [-0.05, 0) is 54.5 Å². The minimum Gasteiger partial charge on any atom is -0.491 e. The number of ether oxygens (including phenoxy) is 1. The number of hydrogen-bond donors (Lipinski definition) is 1. The zero-order valence-corrected chi connectivity index (χ0v) is 21.2. The van der Waals surface area contributed by atoms with Crippen LogP contribution in [0.2, 0.25) is 0 Å². The van der Waals surface area contributed by atoms with Gasteiger partial charge in [0.15, 0.2) is 0 Å². The Morgan fingerprint density at radius 1 is 1.11 bits per heavy atom. The zero-order chi connectivity index (χ0) is 24.5. The van der Waals surface area contributed by atoms with Crippen molar-refractivity contribution in [2.45, 2.75) is 33.2 Å². The lowest BCUT2D eigenvalue weighted by Gasteiger charge is -2.22. The molecule has 1 aliphatic rings. The normalized spacial score (nSPS) is 13.8. The molecule has 0 spiro atoms. The average Bonchev–Trinajstić information content (AvgIpc) is 3.18. The van der Waals surface area contributed by atoms with Crippen molar-refractivity contribution in [3.63, 3.8) is 0 Å². The van der Waals surface area contributed by atoms with E-state index in [0.717, 1.165) is 45.7 Å². The van der Waals surface area contributed by atoms with Gasteiger partial charge >= 0.3 is 0 Å². The molecule has 1 aromatic heterocycles. The van der Waals surface area contributed by atoms with Gasteiger partial charge in [-0.15, -0.1) is 0 Å². The van der Waals surface area contributed by atoms with Crippen molar-refractivity contribution < 1.29 is 13.9 Å². The molecule has 4 aromatic rings. The number of hydrogen-bond acceptors (Lipinski definition) is 3. The van der Waals surface area contributed by atoms with Gasteiger partial charge < -0.3 is 14.6 Å². The molecule has 1 amide bonds. The predicted octanol–water partition coefficient (Wildman–Crippen LogP) is 5.46. The third-order valence-electron chi connectivity index (χ3n) is 6.62.